The summed E-state index contributed by atoms with van der Waals surface area (Å²) in [4.78, 5) is 0. The quantitative estimate of drug-likeness (QED) is 0.823. The number of benzene rings is 1. The molecule has 1 nitrogen and oxygen atoms in total. The normalized spacial score (nSPS) is 11.7. The van der Waals surface area contributed by atoms with Gasteiger partial charge in [0.1, 0.15) is 0 Å². The van der Waals surface area contributed by atoms with E-state index in [-0.39, 0.29) is 4.75 Å². The van der Waals surface area contributed by atoms with Crippen LogP contribution in [0.15, 0.2) is 22.7 Å². The van der Waals surface area contributed by atoms with Crippen LogP contribution in [0.4, 0.5) is 5.69 Å². The van der Waals surface area contributed by atoms with Gasteiger partial charge in [0.15, 0.2) is 0 Å². The van der Waals surface area contributed by atoms with Gasteiger partial charge in [-0.15, -0.1) is 0 Å². The van der Waals surface area contributed by atoms with Crippen LogP contribution in [-0.2, 0) is 5.75 Å². The van der Waals surface area contributed by atoms with Gasteiger partial charge in [-0.3, -0.25) is 0 Å². The maximum Gasteiger partial charge on any atom is 0.0366 e. The van der Waals surface area contributed by atoms with Crippen molar-refractivity contribution in [2.45, 2.75) is 31.3 Å². The number of nitrogen functional groups attached to an aromatic ring is 1. The first kappa shape index (κ1) is 11.9. The smallest absolute Gasteiger partial charge is 0.0366 e. The van der Waals surface area contributed by atoms with E-state index in [0.717, 1.165) is 15.9 Å². The number of hydrogen-bond donors (Lipinski definition) is 1. The van der Waals surface area contributed by atoms with E-state index in [1.54, 1.807) is 0 Å². The zero-order chi connectivity index (χ0) is 10.8. The molecule has 1 aromatic carbocycles. The molecule has 14 heavy (non-hydrogen) atoms. The van der Waals surface area contributed by atoms with Crippen molar-refractivity contribution in [3.8, 4) is 0 Å². The molecule has 0 heterocycles. The monoisotopic (exact) mass is 273 g/mol. The highest BCUT2D eigenvalue weighted by atomic mass is 79.9. The van der Waals surface area contributed by atoms with Gasteiger partial charge >= 0.3 is 0 Å². The molecule has 1 aromatic rings. The van der Waals surface area contributed by atoms with Gasteiger partial charge in [0.2, 0.25) is 0 Å². The largest absolute Gasteiger partial charge is 0.398 e. The molecule has 3 heteroatoms. The average Bonchev–Trinajstić information content (AvgIpc) is 2.01. The Labute approximate surface area is 98.6 Å². The Kier molecular flexibility index (Phi) is 3.90. The van der Waals surface area contributed by atoms with E-state index in [1.807, 2.05) is 30.0 Å². The molecular formula is C11H16BrNS. The van der Waals surface area contributed by atoms with Gasteiger partial charge in [-0.05, 0) is 17.7 Å². The predicted octanol–water partition coefficient (Wildman–Crippen LogP) is 4.06. The van der Waals surface area contributed by atoms with Gasteiger partial charge in [-0.25, -0.2) is 0 Å². The van der Waals surface area contributed by atoms with Crippen LogP contribution in [0.25, 0.3) is 0 Å². The lowest BCUT2D eigenvalue weighted by atomic mass is 10.2. The number of rotatable bonds is 2. The Morgan fingerprint density at radius 1 is 1.36 bits per heavy atom. The molecule has 0 amide bonds. The topological polar surface area (TPSA) is 26.0 Å². The van der Waals surface area contributed by atoms with E-state index in [0.29, 0.717) is 0 Å². The average molecular weight is 274 g/mol. The molecule has 0 fully saturated rings. The van der Waals surface area contributed by atoms with Crippen molar-refractivity contribution in [2.75, 3.05) is 5.73 Å². The lowest BCUT2D eigenvalue weighted by Crippen LogP contribution is -2.08. The molecule has 0 spiro atoms. The van der Waals surface area contributed by atoms with Crippen molar-refractivity contribution in [1.29, 1.82) is 0 Å². The second-order valence-corrected chi connectivity index (χ2v) is 6.87. The fraction of sp³-hybridized carbons (Fsp3) is 0.455. The fourth-order valence-corrected chi connectivity index (χ4v) is 2.62. The molecule has 1 rings (SSSR count). The van der Waals surface area contributed by atoms with Crippen molar-refractivity contribution in [3.05, 3.63) is 28.2 Å². The molecule has 0 saturated heterocycles. The van der Waals surface area contributed by atoms with Crippen molar-refractivity contribution in [3.63, 3.8) is 0 Å². The van der Waals surface area contributed by atoms with Gasteiger partial charge in [0.05, 0.1) is 0 Å². The van der Waals surface area contributed by atoms with E-state index in [4.69, 9.17) is 5.73 Å². The van der Waals surface area contributed by atoms with Crippen LogP contribution in [0.1, 0.15) is 26.3 Å². The third-order valence-corrected chi connectivity index (χ3v) is 3.85. The van der Waals surface area contributed by atoms with Crippen LogP contribution < -0.4 is 5.73 Å². The van der Waals surface area contributed by atoms with Gasteiger partial charge in [0, 0.05) is 20.7 Å². The summed E-state index contributed by atoms with van der Waals surface area (Å²) in [6.45, 7) is 6.64. The minimum Gasteiger partial charge on any atom is -0.398 e. The van der Waals surface area contributed by atoms with E-state index in [1.165, 1.54) is 5.56 Å². The first-order valence-corrected chi connectivity index (χ1v) is 6.35. The summed E-state index contributed by atoms with van der Waals surface area (Å²) < 4.78 is 1.39. The Balaban J connectivity index is 2.77. The highest BCUT2D eigenvalue weighted by molar-refractivity contribution is 9.10. The van der Waals surface area contributed by atoms with Gasteiger partial charge in [0.25, 0.3) is 0 Å². The fourth-order valence-electron chi connectivity index (χ4n) is 1.02. The number of halogens is 1. The molecular weight excluding hydrogens is 258 g/mol. The maximum absolute atomic E-state index is 5.91. The summed E-state index contributed by atoms with van der Waals surface area (Å²) in [5.74, 6) is 0.955. The molecule has 0 aliphatic heterocycles. The summed E-state index contributed by atoms with van der Waals surface area (Å²) in [5, 5.41) is 0. The van der Waals surface area contributed by atoms with E-state index in [9.17, 15) is 0 Å². The van der Waals surface area contributed by atoms with E-state index in [2.05, 4.69) is 36.7 Å². The molecule has 0 aliphatic rings. The zero-order valence-electron chi connectivity index (χ0n) is 8.80. The summed E-state index contributed by atoms with van der Waals surface area (Å²) in [5.41, 5.74) is 7.98. The third-order valence-electron chi connectivity index (χ3n) is 1.80. The van der Waals surface area contributed by atoms with Crippen molar-refractivity contribution in [1.82, 2.24) is 0 Å². The molecule has 0 atom stereocenters. The summed E-state index contributed by atoms with van der Waals surface area (Å²) in [6.07, 6.45) is 0. The molecule has 78 valence electrons. The Morgan fingerprint density at radius 3 is 2.50 bits per heavy atom. The van der Waals surface area contributed by atoms with Crippen molar-refractivity contribution < 1.29 is 0 Å². The van der Waals surface area contributed by atoms with Gasteiger partial charge in [-0.2, -0.15) is 11.8 Å². The molecule has 0 aliphatic carbocycles. The number of hydrogen-bond acceptors (Lipinski definition) is 2. The highest BCUT2D eigenvalue weighted by Gasteiger charge is 2.12. The standard InChI is InChI=1S/C11H16BrNS/c1-11(2,3)14-7-8-9(12)5-4-6-10(8)13/h4-6H,7,13H2,1-3H3. The first-order valence-electron chi connectivity index (χ1n) is 4.57. The molecule has 0 saturated carbocycles. The Morgan fingerprint density at radius 2 is 2.00 bits per heavy atom. The van der Waals surface area contributed by atoms with Crippen LogP contribution in [0.2, 0.25) is 0 Å². The van der Waals surface area contributed by atoms with Crippen molar-refractivity contribution in [2.24, 2.45) is 0 Å². The van der Waals surface area contributed by atoms with Crippen LogP contribution >= 0.6 is 27.7 Å². The van der Waals surface area contributed by atoms with Gasteiger partial charge in [-0.1, -0.05) is 42.8 Å². The van der Waals surface area contributed by atoms with E-state index < -0.39 is 0 Å². The minimum atomic E-state index is 0.279. The summed E-state index contributed by atoms with van der Waals surface area (Å²) >= 11 is 5.43. The van der Waals surface area contributed by atoms with Crippen LogP contribution in [-0.4, -0.2) is 4.75 Å². The maximum atomic E-state index is 5.91. The predicted molar refractivity (Wildman–Crippen MR) is 69.6 cm³/mol. The summed E-state index contributed by atoms with van der Waals surface area (Å²) in [6, 6.07) is 5.95. The van der Waals surface area contributed by atoms with Crippen LogP contribution in [0.5, 0.6) is 0 Å². The molecule has 2 N–H and O–H groups in total. The lowest BCUT2D eigenvalue weighted by molar-refractivity contribution is 0.802. The molecule has 0 unspecified atom stereocenters. The zero-order valence-corrected chi connectivity index (χ0v) is 11.2. The van der Waals surface area contributed by atoms with Gasteiger partial charge < -0.3 is 5.73 Å². The lowest BCUT2D eigenvalue weighted by Gasteiger charge is -2.18. The van der Waals surface area contributed by atoms with Crippen LogP contribution in [0.3, 0.4) is 0 Å². The Hall–Kier alpha value is -0.150. The highest BCUT2D eigenvalue weighted by Crippen LogP contribution is 2.32. The minimum absolute atomic E-state index is 0.279. The van der Waals surface area contributed by atoms with Crippen LogP contribution in [0, 0.1) is 0 Å². The molecule has 0 bridgehead atoms. The number of thioether (sulfide) groups is 1. The SMILES string of the molecule is CC(C)(C)SCc1c(N)cccc1Br. The number of nitrogens with two attached hydrogens (primary N) is 1. The second kappa shape index (κ2) is 4.58. The second-order valence-electron chi connectivity index (χ2n) is 4.21. The van der Waals surface area contributed by atoms with E-state index >= 15 is 0 Å². The molecule has 0 aromatic heterocycles. The first-order chi connectivity index (χ1) is 6.40. The third kappa shape index (κ3) is 3.54. The summed E-state index contributed by atoms with van der Waals surface area (Å²) in [7, 11) is 0. The van der Waals surface area contributed by atoms with Crippen molar-refractivity contribution >= 4 is 33.4 Å². The molecule has 0 radical (unpaired) electrons. The number of anilines is 1. The Bertz CT molecular complexity index is 297.